The molecule has 0 bridgehead atoms. The first-order chi connectivity index (χ1) is 22.6. The van der Waals surface area contributed by atoms with Crippen LogP contribution in [0.3, 0.4) is 0 Å². The van der Waals surface area contributed by atoms with Crippen molar-refractivity contribution in [2.75, 3.05) is 20.6 Å². The van der Waals surface area contributed by atoms with Crippen LogP contribution >= 0.6 is 0 Å². The summed E-state index contributed by atoms with van der Waals surface area (Å²) >= 11 is 0. The summed E-state index contributed by atoms with van der Waals surface area (Å²) in [6, 6.07) is 0. The molecule has 0 heterocycles. The van der Waals surface area contributed by atoms with E-state index < -0.39 is 0 Å². The summed E-state index contributed by atoms with van der Waals surface area (Å²) in [6.45, 7) is 5.51. The highest BCUT2D eigenvalue weighted by atomic mass is 16.5. The Labute approximate surface area is 290 Å². The van der Waals surface area contributed by atoms with E-state index in [1.54, 1.807) is 0 Å². The van der Waals surface area contributed by atoms with Crippen LogP contribution in [0.2, 0.25) is 0 Å². The molecule has 0 amide bonds. The molecule has 0 N–H and O–H groups in total. The molecule has 0 rings (SSSR count). The zero-order valence-corrected chi connectivity index (χ0v) is 32.0. The Morgan fingerprint density at radius 3 is 1.30 bits per heavy atom. The molecule has 0 aromatic carbocycles. The molecule has 272 valence electrons. The lowest BCUT2D eigenvalue weighted by atomic mass is 10.0. The van der Waals surface area contributed by atoms with Crippen LogP contribution in [0, 0.1) is 0 Å². The van der Waals surface area contributed by atoms with Gasteiger partial charge in [0, 0.05) is 6.42 Å². The van der Waals surface area contributed by atoms with Crippen LogP contribution in [0.4, 0.5) is 0 Å². The van der Waals surface area contributed by atoms with Crippen LogP contribution in [-0.4, -0.2) is 37.6 Å². The number of esters is 1. The van der Waals surface area contributed by atoms with E-state index in [1.165, 1.54) is 173 Å². The van der Waals surface area contributed by atoms with Gasteiger partial charge in [-0.15, -0.1) is 0 Å². The highest BCUT2D eigenvalue weighted by Crippen LogP contribution is 2.19. The fraction of sp³-hybridized carbons (Fsp3) is 0.884. The van der Waals surface area contributed by atoms with Crippen molar-refractivity contribution in [2.45, 2.75) is 225 Å². The zero-order valence-electron chi connectivity index (χ0n) is 32.0. The standard InChI is InChI=1S/C43H83NO2/c1-5-7-9-11-13-15-17-19-21-23-25-27-29-31-33-35-38-42(46-43(45)40-37-41-44(3)4)39-36-34-32-30-28-26-24-22-20-18-16-14-12-10-8-6-2/h13,15,19,21,42H,5-12,14,16-18,20,22-41H2,1-4H3. The first-order valence-corrected chi connectivity index (χ1v) is 20.7. The number of carbonyl (C=O) groups excluding carboxylic acids is 1. The smallest absolute Gasteiger partial charge is 0.306 e. The summed E-state index contributed by atoms with van der Waals surface area (Å²) in [4.78, 5) is 14.7. The van der Waals surface area contributed by atoms with E-state index in [-0.39, 0.29) is 12.1 Å². The third-order valence-corrected chi connectivity index (χ3v) is 9.39. The molecule has 0 aliphatic heterocycles. The Kier molecular flexibility index (Phi) is 37.4. The number of rotatable bonds is 37. The van der Waals surface area contributed by atoms with Crippen molar-refractivity contribution in [3.05, 3.63) is 24.3 Å². The summed E-state index contributed by atoms with van der Waals surface area (Å²) in [6.07, 6.45) is 50.7. The van der Waals surface area contributed by atoms with E-state index in [2.05, 4.69) is 57.1 Å². The SMILES string of the molecule is CCCCCC=CCC=CCCCCCCCCC(CCCCCCCCCCCCCCCCCC)OC(=O)CCCN(C)C. The summed E-state index contributed by atoms with van der Waals surface area (Å²) in [7, 11) is 4.13. The monoisotopic (exact) mass is 646 g/mol. The fourth-order valence-corrected chi connectivity index (χ4v) is 6.33. The van der Waals surface area contributed by atoms with Crippen LogP contribution in [0.1, 0.15) is 219 Å². The molecule has 3 nitrogen and oxygen atoms in total. The molecule has 3 heteroatoms. The lowest BCUT2D eigenvalue weighted by Gasteiger charge is -2.18. The Hall–Kier alpha value is -1.09. The van der Waals surface area contributed by atoms with Gasteiger partial charge in [0.15, 0.2) is 0 Å². The molecular weight excluding hydrogens is 562 g/mol. The Bertz CT molecular complexity index is 655. The second kappa shape index (κ2) is 38.4. The average Bonchev–Trinajstić information content (AvgIpc) is 3.04. The molecular formula is C43H83NO2. The third kappa shape index (κ3) is 37.4. The molecule has 1 unspecified atom stereocenters. The van der Waals surface area contributed by atoms with Gasteiger partial charge in [-0.3, -0.25) is 4.79 Å². The molecule has 0 radical (unpaired) electrons. The Balaban J connectivity index is 3.93. The van der Waals surface area contributed by atoms with Crippen molar-refractivity contribution in [1.29, 1.82) is 0 Å². The minimum absolute atomic E-state index is 0.0170. The average molecular weight is 646 g/mol. The van der Waals surface area contributed by atoms with Gasteiger partial charge in [0.1, 0.15) is 6.10 Å². The van der Waals surface area contributed by atoms with Crippen molar-refractivity contribution < 1.29 is 9.53 Å². The van der Waals surface area contributed by atoms with Crippen LogP contribution in [0.25, 0.3) is 0 Å². The number of nitrogens with zero attached hydrogens (tertiary/aromatic N) is 1. The quantitative estimate of drug-likeness (QED) is 0.0382. The van der Waals surface area contributed by atoms with Crippen LogP contribution in [0.15, 0.2) is 24.3 Å². The third-order valence-electron chi connectivity index (χ3n) is 9.39. The largest absolute Gasteiger partial charge is 0.462 e. The molecule has 0 saturated carbocycles. The van der Waals surface area contributed by atoms with Gasteiger partial charge in [0.2, 0.25) is 0 Å². The van der Waals surface area contributed by atoms with Gasteiger partial charge in [-0.1, -0.05) is 173 Å². The van der Waals surface area contributed by atoms with Crippen LogP contribution in [0.5, 0.6) is 0 Å². The summed E-state index contributed by atoms with van der Waals surface area (Å²) in [5.74, 6) is 0.0170. The second-order valence-corrected chi connectivity index (χ2v) is 14.5. The first kappa shape index (κ1) is 44.9. The van der Waals surface area contributed by atoms with Crippen molar-refractivity contribution in [3.8, 4) is 0 Å². The van der Waals surface area contributed by atoms with Gasteiger partial charge in [-0.25, -0.2) is 0 Å². The molecule has 0 aliphatic rings. The molecule has 46 heavy (non-hydrogen) atoms. The van der Waals surface area contributed by atoms with E-state index in [0.29, 0.717) is 6.42 Å². The molecule has 1 atom stereocenters. The van der Waals surface area contributed by atoms with E-state index in [4.69, 9.17) is 4.74 Å². The maximum Gasteiger partial charge on any atom is 0.306 e. The van der Waals surface area contributed by atoms with Gasteiger partial charge in [-0.05, 0) is 84.8 Å². The Morgan fingerprint density at radius 1 is 0.500 bits per heavy atom. The van der Waals surface area contributed by atoms with E-state index in [0.717, 1.165) is 32.2 Å². The van der Waals surface area contributed by atoms with Gasteiger partial charge < -0.3 is 9.64 Å². The predicted molar refractivity (Wildman–Crippen MR) is 206 cm³/mol. The number of ether oxygens (including phenoxy) is 1. The van der Waals surface area contributed by atoms with Crippen LogP contribution in [-0.2, 0) is 9.53 Å². The normalized spacial score (nSPS) is 12.6. The molecule has 0 aliphatic carbocycles. The summed E-state index contributed by atoms with van der Waals surface area (Å²) < 4.78 is 6.01. The predicted octanol–water partition coefficient (Wildman–Crippen LogP) is 14.1. The first-order valence-electron chi connectivity index (χ1n) is 20.7. The highest BCUT2D eigenvalue weighted by Gasteiger charge is 2.14. The minimum Gasteiger partial charge on any atom is -0.462 e. The van der Waals surface area contributed by atoms with Crippen molar-refractivity contribution in [2.24, 2.45) is 0 Å². The molecule has 0 aromatic heterocycles. The molecule has 0 spiro atoms. The van der Waals surface area contributed by atoms with E-state index in [9.17, 15) is 4.79 Å². The van der Waals surface area contributed by atoms with E-state index >= 15 is 0 Å². The number of hydrogen-bond donors (Lipinski definition) is 0. The topological polar surface area (TPSA) is 29.5 Å². The van der Waals surface area contributed by atoms with Crippen molar-refractivity contribution in [1.82, 2.24) is 4.90 Å². The maximum atomic E-state index is 12.5. The van der Waals surface area contributed by atoms with Gasteiger partial charge in [0.25, 0.3) is 0 Å². The van der Waals surface area contributed by atoms with Gasteiger partial charge >= 0.3 is 5.97 Å². The summed E-state index contributed by atoms with van der Waals surface area (Å²) in [5.41, 5.74) is 0. The minimum atomic E-state index is 0.0170. The fourth-order valence-electron chi connectivity index (χ4n) is 6.33. The number of unbranched alkanes of at least 4 members (excludes halogenated alkanes) is 24. The highest BCUT2D eigenvalue weighted by molar-refractivity contribution is 5.69. The molecule has 0 saturated heterocycles. The summed E-state index contributed by atoms with van der Waals surface area (Å²) in [5, 5.41) is 0. The second-order valence-electron chi connectivity index (χ2n) is 14.5. The zero-order chi connectivity index (χ0) is 33.6. The van der Waals surface area contributed by atoms with E-state index in [1.807, 2.05) is 0 Å². The molecule has 0 aromatic rings. The van der Waals surface area contributed by atoms with Crippen molar-refractivity contribution in [3.63, 3.8) is 0 Å². The van der Waals surface area contributed by atoms with Crippen molar-refractivity contribution >= 4 is 5.97 Å². The van der Waals surface area contributed by atoms with Gasteiger partial charge in [-0.2, -0.15) is 0 Å². The lowest BCUT2D eigenvalue weighted by molar-refractivity contribution is -0.150. The number of carbonyl (C=O) groups is 1. The lowest BCUT2D eigenvalue weighted by Crippen LogP contribution is -2.20. The molecule has 0 fully saturated rings. The van der Waals surface area contributed by atoms with Crippen LogP contribution < -0.4 is 0 Å². The number of hydrogen-bond acceptors (Lipinski definition) is 3. The Morgan fingerprint density at radius 2 is 0.870 bits per heavy atom. The van der Waals surface area contributed by atoms with Gasteiger partial charge in [0.05, 0.1) is 0 Å². The maximum absolute atomic E-state index is 12.5. The number of allylic oxidation sites excluding steroid dienone is 4.